The van der Waals surface area contributed by atoms with Crippen molar-refractivity contribution in [2.24, 2.45) is 5.92 Å². The number of sulfonamides is 1. The van der Waals surface area contributed by atoms with E-state index in [0.29, 0.717) is 37.4 Å². The summed E-state index contributed by atoms with van der Waals surface area (Å²) in [5.74, 6) is -0.167. The second-order valence-electron chi connectivity index (χ2n) is 9.56. The zero-order valence-corrected chi connectivity index (χ0v) is 22.5. The Labute approximate surface area is 212 Å². The van der Waals surface area contributed by atoms with Crippen LogP contribution in [0.25, 0.3) is 10.2 Å². The van der Waals surface area contributed by atoms with Gasteiger partial charge in [-0.1, -0.05) is 41.2 Å². The summed E-state index contributed by atoms with van der Waals surface area (Å²) >= 11 is 1.55. The number of thiazole rings is 1. The van der Waals surface area contributed by atoms with Gasteiger partial charge in [0.15, 0.2) is 5.13 Å². The lowest BCUT2D eigenvalue weighted by Crippen LogP contribution is -2.45. The molecule has 4 rings (SSSR count). The molecule has 1 aliphatic rings. The number of aromatic nitrogens is 1. The lowest BCUT2D eigenvalue weighted by Gasteiger charge is -2.33. The van der Waals surface area contributed by atoms with Crippen LogP contribution in [-0.2, 0) is 14.8 Å². The summed E-state index contributed by atoms with van der Waals surface area (Å²) in [5.41, 5.74) is 3.06. The van der Waals surface area contributed by atoms with Crippen molar-refractivity contribution in [2.45, 2.75) is 38.0 Å². The Morgan fingerprint density at radius 3 is 2.37 bits per heavy atom. The van der Waals surface area contributed by atoms with Gasteiger partial charge in [0.05, 0.1) is 15.1 Å². The van der Waals surface area contributed by atoms with Crippen LogP contribution >= 0.6 is 11.3 Å². The molecule has 0 bridgehead atoms. The number of hydrogen-bond acceptors (Lipinski definition) is 6. The maximum atomic E-state index is 13.7. The highest BCUT2D eigenvalue weighted by molar-refractivity contribution is 7.89. The minimum Gasteiger partial charge on any atom is -0.309 e. The third-order valence-electron chi connectivity index (χ3n) is 6.56. The summed E-state index contributed by atoms with van der Waals surface area (Å²) in [7, 11) is 0.497. The molecule has 2 heterocycles. The molecule has 35 heavy (non-hydrogen) atoms. The fraction of sp³-hybridized carbons (Fsp3) is 0.462. The summed E-state index contributed by atoms with van der Waals surface area (Å²) in [5, 5.41) is 0.729. The average molecular weight is 515 g/mol. The SMILES string of the molecule is Cc1ccc(S(=O)(=O)N2CCC(C(=O)N(CCCN(C)C)c3nc4c(C)cccc4s3)CC2)cc1. The Balaban J connectivity index is 1.50. The number of benzene rings is 2. The minimum atomic E-state index is -3.55. The van der Waals surface area contributed by atoms with Crippen LogP contribution in [0.5, 0.6) is 0 Å². The quantitative estimate of drug-likeness (QED) is 0.448. The first kappa shape index (κ1) is 25.8. The molecule has 0 N–H and O–H groups in total. The van der Waals surface area contributed by atoms with Gasteiger partial charge >= 0.3 is 0 Å². The summed E-state index contributed by atoms with van der Waals surface area (Å²) in [6.07, 6.45) is 1.87. The number of para-hydroxylation sites is 1. The molecule has 1 saturated heterocycles. The molecular weight excluding hydrogens is 480 g/mol. The Hall–Kier alpha value is -2.33. The smallest absolute Gasteiger partial charge is 0.243 e. The first-order valence-electron chi connectivity index (χ1n) is 12.1. The second kappa shape index (κ2) is 10.7. The van der Waals surface area contributed by atoms with E-state index in [0.717, 1.165) is 39.4 Å². The van der Waals surface area contributed by atoms with E-state index in [1.807, 2.05) is 63.2 Å². The predicted octanol–water partition coefficient (Wildman–Crippen LogP) is 4.30. The topological polar surface area (TPSA) is 73.8 Å². The highest BCUT2D eigenvalue weighted by Gasteiger charge is 2.35. The predicted molar refractivity (Wildman–Crippen MR) is 143 cm³/mol. The number of carbonyl (C=O) groups excluding carboxylic acids is 1. The first-order valence-corrected chi connectivity index (χ1v) is 14.3. The Morgan fingerprint density at radius 1 is 1.06 bits per heavy atom. The second-order valence-corrected chi connectivity index (χ2v) is 12.5. The molecular formula is C26H34N4O3S2. The molecule has 1 aliphatic heterocycles. The van der Waals surface area contributed by atoms with Crippen molar-refractivity contribution in [1.82, 2.24) is 14.2 Å². The molecule has 0 aliphatic carbocycles. The molecule has 3 aromatic rings. The van der Waals surface area contributed by atoms with Gasteiger partial charge in [-0.05, 0) is 77.5 Å². The van der Waals surface area contributed by atoms with Crippen molar-refractivity contribution < 1.29 is 13.2 Å². The highest BCUT2D eigenvalue weighted by atomic mass is 32.2. The normalized spacial score (nSPS) is 15.7. The van der Waals surface area contributed by atoms with E-state index in [1.165, 1.54) is 4.31 Å². The molecule has 9 heteroatoms. The van der Waals surface area contributed by atoms with Crippen molar-refractivity contribution in [3.8, 4) is 0 Å². The number of amides is 1. The standard InChI is InChI=1S/C26H34N4O3S2/c1-19-9-11-22(12-10-19)35(32,33)29-17-13-21(14-18-29)25(31)30(16-6-15-28(3)4)26-27-24-20(2)7-5-8-23(24)34-26/h5,7-12,21H,6,13-18H2,1-4H3. The molecule has 0 saturated carbocycles. The Morgan fingerprint density at radius 2 is 1.74 bits per heavy atom. The van der Waals surface area contributed by atoms with Gasteiger partial charge in [0.2, 0.25) is 15.9 Å². The third-order valence-corrected chi connectivity index (χ3v) is 9.51. The molecule has 2 aromatic carbocycles. The van der Waals surface area contributed by atoms with Gasteiger partial charge in [0.1, 0.15) is 0 Å². The van der Waals surface area contributed by atoms with E-state index in [1.54, 1.807) is 23.5 Å². The number of hydrogen-bond donors (Lipinski definition) is 0. The van der Waals surface area contributed by atoms with Gasteiger partial charge in [-0.2, -0.15) is 4.31 Å². The van der Waals surface area contributed by atoms with E-state index in [4.69, 9.17) is 4.98 Å². The van der Waals surface area contributed by atoms with Crippen LogP contribution in [0.2, 0.25) is 0 Å². The van der Waals surface area contributed by atoms with Crippen molar-refractivity contribution >= 4 is 42.6 Å². The molecule has 0 atom stereocenters. The number of rotatable bonds is 8. The van der Waals surface area contributed by atoms with Gasteiger partial charge in [-0.3, -0.25) is 9.69 Å². The van der Waals surface area contributed by atoms with Crippen LogP contribution in [0.3, 0.4) is 0 Å². The number of fused-ring (bicyclic) bond motifs is 1. The lowest BCUT2D eigenvalue weighted by molar-refractivity contribution is -0.123. The minimum absolute atomic E-state index is 0.0489. The summed E-state index contributed by atoms with van der Waals surface area (Å²) in [6.45, 7) is 6.13. The van der Waals surface area contributed by atoms with Crippen molar-refractivity contribution in [3.63, 3.8) is 0 Å². The first-order chi connectivity index (χ1) is 16.7. The fourth-order valence-corrected chi connectivity index (χ4v) is 7.00. The van der Waals surface area contributed by atoms with Gasteiger partial charge in [-0.15, -0.1) is 0 Å². The molecule has 1 fully saturated rings. The highest BCUT2D eigenvalue weighted by Crippen LogP contribution is 2.33. The van der Waals surface area contributed by atoms with Crippen LogP contribution in [0.15, 0.2) is 47.4 Å². The van der Waals surface area contributed by atoms with Crippen molar-refractivity contribution in [3.05, 3.63) is 53.6 Å². The average Bonchev–Trinajstić information content (AvgIpc) is 3.27. The zero-order chi connectivity index (χ0) is 25.2. The van der Waals surface area contributed by atoms with Gasteiger partial charge in [-0.25, -0.2) is 13.4 Å². The number of anilines is 1. The number of piperidine rings is 1. The molecule has 7 nitrogen and oxygen atoms in total. The molecule has 188 valence electrons. The van der Waals surface area contributed by atoms with Crippen LogP contribution in [0.1, 0.15) is 30.4 Å². The van der Waals surface area contributed by atoms with E-state index >= 15 is 0 Å². The Bertz CT molecular complexity index is 1280. The van der Waals surface area contributed by atoms with Gasteiger partial charge in [0.25, 0.3) is 0 Å². The van der Waals surface area contributed by atoms with E-state index in [9.17, 15) is 13.2 Å². The molecule has 1 aromatic heterocycles. The van der Waals surface area contributed by atoms with E-state index < -0.39 is 10.0 Å². The van der Waals surface area contributed by atoms with Crippen LogP contribution in [0, 0.1) is 19.8 Å². The summed E-state index contributed by atoms with van der Waals surface area (Å²) in [6, 6.07) is 13.0. The molecule has 0 unspecified atom stereocenters. The van der Waals surface area contributed by atoms with Crippen LogP contribution < -0.4 is 4.90 Å². The van der Waals surface area contributed by atoms with Crippen LogP contribution in [0.4, 0.5) is 5.13 Å². The van der Waals surface area contributed by atoms with Crippen LogP contribution in [-0.4, -0.2) is 68.8 Å². The summed E-state index contributed by atoms with van der Waals surface area (Å²) < 4.78 is 28.8. The lowest BCUT2D eigenvalue weighted by atomic mass is 9.96. The number of aryl methyl sites for hydroxylation is 2. The van der Waals surface area contributed by atoms with Crippen molar-refractivity contribution in [1.29, 1.82) is 0 Å². The maximum Gasteiger partial charge on any atom is 0.243 e. The van der Waals surface area contributed by atoms with Crippen molar-refractivity contribution in [2.75, 3.05) is 45.2 Å². The number of carbonyl (C=O) groups is 1. The van der Waals surface area contributed by atoms with Gasteiger partial charge < -0.3 is 4.90 Å². The fourth-order valence-electron chi connectivity index (χ4n) is 4.46. The van der Waals surface area contributed by atoms with Gasteiger partial charge in [0, 0.05) is 25.6 Å². The van der Waals surface area contributed by atoms with E-state index in [-0.39, 0.29) is 11.8 Å². The molecule has 0 radical (unpaired) electrons. The largest absolute Gasteiger partial charge is 0.309 e. The Kier molecular flexibility index (Phi) is 7.90. The number of nitrogens with zero attached hydrogens (tertiary/aromatic N) is 4. The molecule has 0 spiro atoms. The third kappa shape index (κ3) is 5.74. The maximum absolute atomic E-state index is 13.7. The monoisotopic (exact) mass is 514 g/mol. The summed E-state index contributed by atoms with van der Waals surface area (Å²) in [4.78, 5) is 22.8. The van der Waals surface area contributed by atoms with E-state index in [2.05, 4.69) is 4.90 Å². The molecule has 1 amide bonds. The zero-order valence-electron chi connectivity index (χ0n) is 20.9.